The summed E-state index contributed by atoms with van der Waals surface area (Å²) in [4.78, 5) is 0. The van der Waals surface area contributed by atoms with Crippen LogP contribution < -0.4 is 9.05 Å². The number of nitrogens with zero attached hydrogens (tertiary/aromatic N) is 1. The summed E-state index contributed by atoms with van der Waals surface area (Å²) in [6.45, 7) is 33.6. The maximum absolute atomic E-state index is 6.79. The maximum atomic E-state index is 6.79. The van der Waals surface area contributed by atoms with Crippen LogP contribution in [0.2, 0.25) is 0 Å². The predicted molar refractivity (Wildman–Crippen MR) is 185 cm³/mol. The van der Waals surface area contributed by atoms with E-state index in [4.69, 9.17) is 22.6 Å². The van der Waals surface area contributed by atoms with Gasteiger partial charge in [0.1, 0.15) is 17.0 Å². The maximum Gasteiger partial charge on any atom is 0.397 e. The molecule has 1 atom stereocenters. The molecule has 0 N–H and O–H groups in total. The molecule has 6 nitrogen and oxygen atoms in total. The topological polar surface area (TPSA) is 49.4 Å². The Balaban J connectivity index is 1.53. The third-order valence-corrected chi connectivity index (χ3v) is 11.0. The lowest BCUT2D eigenvalue weighted by atomic mass is 9.80. The molecule has 1 spiro atoms. The van der Waals surface area contributed by atoms with Gasteiger partial charge in [0.05, 0.1) is 19.8 Å². The highest BCUT2D eigenvalue weighted by Crippen LogP contribution is 2.59. The zero-order valence-corrected chi connectivity index (χ0v) is 31.5. The Morgan fingerprint density at radius 3 is 1.50 bits per heavy atom. The Hall–Kier alpha value is -1.26. The van der Waals surface area contributed by atoms with E-state index in [9.17, 15) is 0 Å². The SMILES string of the molecule is CC(C)CN1P(Oc2ccc(C(C)(C)C)cc2C(C)(C)C)OCC12COP(Oc1ccc(C(C)(C)C)cc1C(C)(C)C)OC2. The summed E-state index contributed by atoms with van der Waals surface area (Å²) in [5.41, 5.74) is 4.48. The van der Waals surface area contributed by atoms with Crippen LogP contribution in [0.15, 0.2) is 36.4 Å². The lowest BCUT2D eigenvalue weighted by Crippen LogP contribution is -2.54. The molecule has 246 valence electrons. The van der Waals surface area contributed by atoms with Gasteiger partial charge in [-0.15, -0.1) is 0 Å². The normalized spacial score (nSPS) is 23.9. The van der Waals surface area contributed by atoms with Crippen molar-refractivity contribution >= 4 is 17.1 Å². The van der Waals surface area contributed by atoms with Crippen LogP contribution in [0.1, 0.15) is 119 Å². The van der Waals surface area contributed by atoms with Crippen molar-refractivity contribution in [3.63, 3.8) is 0 Å². The van der Waals surface area contributed by atoms with Crippen LogP contribution >= 0.6 is 17.1 Å². The van der Waals surface area contributed by atoms with Crippen molar-refractivity contribution in [2.45, 2.75) is 124 Å². The van der Waals surface area contributed by atoms with Crippen molar-refractivity contribution in [3.05, 3.63) is 58.7 Å². The third kappa shape index (κ3) is 8.17. The monoisotopic (exact) mass is 645 g/mol. The van der Waals surface area contributed by atoms with Gasteiger partial charge in [-0.2, -0.15) is 0 Å². The summed E-state index contributed by atoms with van der Waals surface area (Å²) in [5, 5.41) is 0. The van der Waals surface area contributed by atoms with Crippen LogP contribution in [-0.2, 0) is 35.2 Å². The first-order valence-corrected chi connectivity index (χ1v) is 18.3. The lowest BCUT2D eigenvalue weighted by molar-refractivity contribution is 0.00392. The van der Waals surface area contributed by atoms with Crippen molar-refractivity contribution in [2.75, 3.05) is 26.4 Å². The molecule has 2 aliphatic rings. The molecule has 0 amide bonds. The zero-order chi connectivity index (χ0) is 32.9. The first kappa shape index (κ1) is 35.6. The molecule has 2 fully saturated rings. The molecule has 2 saturated heterocycles. The highest BCUT2D eigenvalue weighted by molar-refractivity contribution is 7.45. The summed E-state index contributed by atoms with van der Waals surface area (Å²) in [6, 6.07) is 13.1. The van der Waals surface area contributed by atoms with Crippen molar-refractivity contribution < 1.29 is 22.6 Å². The Morgan fingerprint density at radius 2 is 1.09 bits per heavy atom. The smallest absolute Gasteiger partial charge is 0.397 e. The van der Waals surface area contributed by atoms with Crippen LogP contribution in [0.5, 0.6) is 11.5 Å². The van der Waals surface area contributed by atoms with Gasteiger partial charge in [0.15, 0.2) is 0 Å². The van der Waals surface area contributed by atoms with E-state index in [0.717, 1.165) is 23.6 Å². The van der Waals surface area contributed by atoms with Crippen LogP contribution in [0.25, 0.3) is 0 Å². The molecule has 44 heavy (non-hydrogen) atoms. The first-order chi connectivity index (χ1) is 20.1. The van der Waals surface area contributed by atoms with Gasteiger partial charge < -0.3 is 22.6 Å². The number of hydrogen-bond acceptors (Lipinski definition) is 6. The minimum Gasteiger partial charge on any atom is -0.435 e. The quantitative estimate of drug-likeness (QED) is 0.291. The van der Waals surface area contributed by atoms with Crippen LogP contribution in [0, 0.1) is 5.92 Å². The second kappa shape index (κ2) is 12.7. The van der Waals surface area contributed by atoms with Gasteiger partial charge >= 0.3 is 17.1 Å². The largest absolute Gasteiger partial charge is 0.435 e. The number of hydrogen-bond donors (Lipinski definition) is 0. The van der Waals surface area contributed by atoms with Crippen molar-refractivity contribution in [1.29, 1.82) is 0 Å². The van der Waals surface area contributed by atoms with Gasteiger partial charge in [-0.25, -0.2) is 4.67 Å². The minimum atomic E-state index is -1.54. The lowest BCUT2D eigenvalue weighted by Gasteiger charge is -2.41. The molecule has 0 bridgehead atoms. The van der Waals surface area contributed by atoms with Gasteiger partial charge in [-0.1, -0.05) is 121 Å². The van der Waals surface area contributed by atoms with E-state index in [2.05, 4.69) is 138 Å². The molecule has 4 rings (SSSR count). The summed E-state index contributed by atoms with van der Waals surface area (Å²) in [5.74, 6) is 2.13. The van der Waals surface area contributed by atoms with Crippen LogP contribution in [0.3, 0.4) is 0 Å². The van der Waals surface area contributed by atoms with Crippen molar-refractivity contribution in [1.82, 2.24) is 4.67 Å². The van der Waals surface area contributed by atoms with E-state index >= 15 is 0 Å². The Labute approximate surface area is 270 Å². The molecule has 8 heteroatoms. The van der Waals surface area contributed by atoms with Crippen molar-refractivity contribution in [3.8, 4) is 11.5 Å². The summed E-state index contributed by atoms with van der Waals surface area (Å²) >= 11 is 0. The highest BCUT2D eigenvalue weighted by Gasteiger charge is 2.54. The fraction of sp³-hybridized carbons (Fsp3) is 0.667. The summed E-state index contributed by atoms with van der Waals surface area (Å²) in [6.07, 6.45) is 0. The highest BCUT2D eigenvalue weighted by atomic mass is 31.2. The molecule has 2 heterocycles. The first-order valence-electron chi connectivity index (χ1n) is 16.0. The average molecular weight is 646 g/mol. The fourth-order valence-corrected chi connectivity index (χ4v) is 8.51. The Kier molecular flexibility index (Phi) is 10.3. The standard InChI is InChI=1S/C36H57NO5P2/c1-25(2)21-37-36(22-38-43(37)41-30-17-15-26(32(3,4)5)19-28(30)34(9,10)11)23-39-44(40-24-36)42-31-18-16-27(33(6,7)8)20-29(31)35(12,13)14/h15-20,25H,21-24H2,1-14H3. The average Bonchev–Trinajstić information content (AvgIpc) is 3.19. The molecule has 0 radical (unpaired) electrons. The van der Waals surface area contributed by atoms with Gasteiger partial charge in [0, 0.05) is 17.7 Å². The van der Waals surface area contributed by atoms with Gasteiger partial charge in [-0.3, -0.25) is 0 Å². The second-order valence-electron chi connectivity index (χ2n) is 17.1. The van der Waals surface area contributed by atoms with Crippen molar-refractivity contribution in [2.24, 2.45) is 5.92 Å². The van der Waals surface area contributed by atoms with E-state index in [-0.39, 0.29) is 21.7 Å². The molecule has 1 unspecified atom stereocenters. The van der Waals surface area contributed by atoms with Gasteiger partial charge in [0.25, 0.3) is 0 Å². The Morgan fingerprint density at radius 1 is 0.659 bits per heavy atom. The van der Waals surface area contributed by atoms with Crippen LogP contribution in [-0.4, -0.2) is 36.6 Å². The Bertz CT molecular complexity index is 1290. The van der Waals surface area contributed by atoms with E-state index in [0.29, 0.717) is 25.7 Å². The minimum absolute atomic E-state index is 0.0547. The number of rotatable bonds is 6. The van der Waals surface area contributed by atoms with E-state index in [1.165, 1.54) is 16.7 Å². The molecule has 0 aromatic heterocycles. The fourth-order valence-electron chi connectivity index (χ4n) is 5.37. The van der Waals surface area contributed by atoms with E-state index in [1.54, 1.807) is 0 Å². The summed E-state index contributed by atoms with van der Waals surface area (Å²) in [7, 11) is -2.89. The van der Waals surface area contributed by atoms with Crippen LogP contribution in [0.4, 0.5) is 0 Å². The summed E-state index contributed by atoms with van der Waals surface area (Å²) < 4.78 is 34.8. The third-order valence-electron chi connectivity index (χ3n) is 8.26. The molecule has 2 aliphatic heterocycles. The molecular formula is C36H57NO5P2. The molecule has 2 aromatic carbocycles. The second-order valence-corrected chi connectivity index (χ2v) is 19.6. The molecular weight excluding hydrogens is 588 g/mol. The van der Waals surface area contributed by atoms with E-state index < -0.39 is 22.7 Å². The molecule has 0 aliphatic carbocycles. The number of benzene rings is 2. The zero-order valence-electron chi connectivity index (χ0n) is 29.8. The van der Waals surface area contributed by atoms with Gasteiger partial charge in [0.2, 0.25) is 0 Å². The van der Waals surface area contributed by atoms with E-state index in [1.807, 2.05) is 0 Å². The van der Waals surface area contributed by atoms with Gasteiger partial charge in [-0.05, 0) is 50.8 Å². The molecule has 0 saturated carbocycles. The molecule has 2 aromatic rings. The predicted octanol–water partition coefficient (Wildman–Crippen LogP) is 10.6.